The van der Waals surface area contributed by atoms with Gasteiger partial charge in [0.1, 0.15) is 5.75 Å². The molecule has 6 heteroatoms. The van der Waals surface area contributed by atoms with Crippen LogP contribution >= 0.6 is 23.7 Å². The van der Waals surface area contributed by atoms with Gasteiger partial charge in [-0.25, -0.2) is 0 Å². The number of hydrogen-bond donors (Lipinski definition) is 1. The average molecular weight is 395 g/mol. The summed E-state index contributed by atoms with van der Waals surface area (Å²) in [6, 6.07) is 11.9. The number of carbonyl (C=O) groups is 1. The summed E-state index contributed by atoms with van der Waals surface area (Å²) in [5.41, 5.74) is 0.585. The van der Waals surface area contributed by atoms with Crippen LogP contribution in [-0.2, 0) is 0 Å². The first-order chi connectivity index (χ1) is 12.2. The molecule has 3 rings (SSSR count). The molecule has 1 aromatic carbocycles. The molecule has 1 fully saturated rings. The van der Waals surface area contributed by atoms with Crippen LogP contribution in [0.3, 0.4) is 0 Å². The van der Waals surface area contributed by atoms with E-state index in [1.807, 2.05) is 18.2 Å². The number of nitrogens with one attached hydrogen (secondary N) is 1. The van der Waals surface area contributed by atoms with Gasteiger partial charge < -0.3 is 10.1 Å². The fourth-order valence-corrected chi connectivity index (χ4v) is 4.21. The lowest BCUT2D eigenvalue weighted by Crippen LogP contribution is -2.41. The van der Waals surface area contributed by atoms with Crippen molar-refractivity contribution in [1.29, 1.82) is 0 Å². The third kappa shape index (κ3) is 5.00. The molecule has 1 aliphatic heterocycles. The summed E-state index contributed by atoms with van der Waals surface area (Å²) in [4.78, 5) is 16.5. The van der Waals surface area contributed by atoms with Crippen LogP contribution < -0.4 is 10.1 Å². The predicted molar refractivity (Wildman–Crippen MR) is 110 cm³/mol. The Morgan fingerprint density at radius 1 is 1.27 bits per heavy atom. The minimum absolute atomic E-state index is 0. The van der Waals surface area contributed by atoms with Crippen molar-refractivity contribution in [2.75, 3.05) is 26.7 Å². The van der Waals surface area contributed by atoms with Crippen molar-refractivity contribution in [2.45, 2.75) is 25.8 Å². The zero-order valence-electron chi connectivity index (χ0n) is 15.3. The Morgan fingerprint density at radius 2 is 2.00 bits per heavy atom. The number of thiophene rings is 1. The van der Waals surface area contributed by atoms with Crippen LogP contribution in [0.1, 0.15) is 41.0 Å². The van der Waals surface area contributed by atoms with E-state index in [1.165, 1.54) is 17.7 Å². The molecule has 1 atom stereocenters. The normalized spacial score (nSPS) is 16.5. The summed E-state index contributed by atoms with van der Waals surface area (Å²) in [5, 5.41) is 5.22. The van der Waals surface area contributed by atoms with E-state index < -0.39 is 0 Å². The van der Waals surface area contributed by atoms with Crippen molar-refractivity contribution in [3.05, 3.63) is 52.2 Å². The molecular formula is C20H27ClN2O2S. The molecule has 0 saturated carbocycles. The van der Waals surface area contributed by atoms with E-state index in [4.69, 9.17) is 4.74 Å². The fourth-order valence-electron chi connectivity index (χ4n) is 3.35. The van der Waals surface area contributed by atoms with Gasteiger partial charge in [0.25, 0.3) is 5.91 Å². The lowest BCUT2D eigenvalue weighted by molar-refractivity contribution is 0.0912. The van der Waals surface area contributed by atoms with E-state index in [0.29, 0.717) is 17.9 Å². The molecule has 1 unspecified atom stereocenters. The number of nitrogens with zero attached hydrogens (tertiary/aromatic N) is 1. The molecule has 1 aliphatic rings. The molecule has 142 valence electrons. The standard InChI is InChI=1S/C20H26N2O2S.ClH/c1-15-9-11-22(12-10-15)17(19-8-5-13-25-19)14-21-20(23)16-6-3-4-7-18(16)24-2;/h3-8,13,15,17H,9-12,14H2,1-2H3,(H,21,23);1H. The van der Waals surface area contributed by atoms with E-state index in [1.54, 1.807) is 24.5 Å². The number of benzene rings is 1. The van der Waals surface area contributed by atoms with Gasteiger partial charge in [-0.1, -0.05) is 25.1 Å². The number of ether oxygens (including phenoxy) is 1. The average Bonchev–Trinajstić information content (AvgIpc) is 3.17. The Hall–Kier alpha value is -1.56. The number of carbonyl (C=O) groups excluding carboxylic acids is 1. The van der Waals surface area contributed by atoms with Crippen LogP contribution in [0.15, 0.2) is 41.8 Å². The third-order valence-electron chi connectivity index (χ3n) is 4.94. The molecule has 1 saturated heterocycles. The maximum absolute atomic E-state index is 12.6. The third-order valence-corrected chi connectivity index (χ3v) is 5.91. The fraction of sp³-hybridized carbons (Fsp3) is 0.450. The summed E-state index contributed by atoms with van der Waals surface area (Å²) < 4.78 is 5.30. The van der Waals surface area contributed by atoms with E-state index in [2.05, 4.69) is 34.7 Å². The van der Waals surface area contributed by atoms with Gasteiger partial charge >= 0.3 is 0 Å². The molecule has 2 heterocycles. The van der Waals surface area contributed by atoms with Gasteiger partial charge in [0.2, 0.25) is 0 Å². The summed E-state index contributed by atoms with van der Waals surface area (Å²) >= 11 is 1.76. The highest BCUT2D eigenvalue weighted by Gasteiger charge is 2.26. The monoisotopic (exact) mass is 394 g/mol. The molecule has 0 bridgehead atoms. The largest absolute Gasteiger partial charge is 0.496 e. The molecule has 1 N–H and O–H groups in total. The predicted octanol–water partition coefficient (Wildman–Crippen LogP) is 4.38. The summed E-state index contributed by atoms with van der Waals surface area (Å²) in [5.74, 6) is 1.33. The van der Waals surface area contributed by atoms with Crippen LogP contribution in [0.4, 0.5) is 0 Å². The van der Waals surface area contributed by atoms with E-state index in [9.17, 15) is 4.79 Å². The molecule has 1 amide bonds. The SMILES string of the molecule is COc1ccccc1C(=O)NCC(c1cccs1)N1CCC(C)CC1.Cl. The maximum atomic E-state index is 12.6. The van der Waals surface area contributed by atoms with Crippen molar-refractivity contribution in [1.82, 2.24) is 10.2 Å². The van der Waals surface area contributed by atoms with Crippen LogP contribution in [0.5, 0.6) is 5.75 Å². The van der Waals surface area contributed by atoms with Gasteiger partial charge in [0, 0.05) is 11.4 Å². The maximum Gasteiger partial charge on any atom is 0.255 e. The first kappa shape index (κ1) is 20.7. The first-order valence-corrected chi connectivity index (χ1v) is 9.75. The Bertz CT molecular complexity index is 685. The Balaban J connectivity index is 0.00000243. The second kappa shape index (κ2) is 9.95. The zero-order chi connectivity index (χ0) is 17.6. The van der Waals surface area contributed by atoms with Crippen molar-refractivity contribution in [3.63, 3.8) is 0 Å². The number of likely N-dealkylation sites (tertiary alicyclic amines) is 1. The lowest BCUT2D eigenvalue weighted by Gasteiger charge is -2.36. The number of halogens is 1. The van der Waals surface area contributed by atoms with Gasteiger partial charge in [-0.3, -0.25) is 9.69 Å². The highest BCUT2D eigenvalue weighted by molar-refractivity contribution is 7.10. The lowest BCUT2D eigenvalue weighted by atomic mass is 9.97. The van der Waals surface area contributed by atoms with E-state index in [-0.39, 0.29) is 24.4 Å². The molecular weight excluding hydrogens is 368 g/mol. The number of rotatable bonds is 6. The number of hydrogen-bond acceptors (Lipinski definition) is 4. The summed E-state index contributed by atoms with van der Waals surface area (Å²) in [7, 11) is 1.59. The molecule has 26 heavy (non-hydrogen) atoms. The Kier molecular flexibility index (Phi) is 7.94. The van der Waals surface area contributed by atoms with E-state index >= 15 is 0 Å². The van der Waals surface area contributed by atoms with Gasteiger partial charge in [-0.05, 0) is 55.4 Å². The quantitative estimate of drug-likeness (QED) is 0.790. The van der Waals surface area contributed by atoms with Gasteiger partial charge in [0.15, 0.2) is 0 Å². The summed E-state index contributed by atoms with van der Waals surface area (Å²) in [6.07, 6.45) is 2.45. The van der Waals surface area contributed by atoms with Crippen LogP contribution in [0.2, 0.25) is 0 Å². The van der Waals surface area contributed by atoms with Gasteiger partial charge in [-0.15, -0.1) is 23.7 Å². The minimum atomic E-state index is -0.0793. The topological polar surface area (TPSA) is 41.6 Å². The molecule has 0 aliphatic carbocycles. The zero-order valence-corrected chi connectivity index (χ0v) is 16.9. The number of piperidine rings is 1. The minimum Gasteiger partial charge on any atom is -0.496 e. The van der Waals surface area contributed by atoms with Crippen LogP contribution in [0, 0.1) is 5.92 Å². The van der Waals surface area contributed by atoms with Gasteiger partial charge in [0.05, 0.1) is 18.7 Å². The number of methoxy groups -OCH3 is 1. The highest BCUT2D eigenvalue weighted by Crippen LogP contribution is 2.29. The first-order valence-electron chi connectivity index (χ1n) is 8.87. The van der Waals surface area contributed by atoms with Crippen molar-refractivity contribution >= 4 is 29.7 Å². The second-order valence-corrected chi connectivity index (χ2v) is 7.64. The number of para-hydroxylation sites is 1. The summed E-state index contributed by atoms with van der Waals surface area (Å²) in [6.45, 7) is 5.12. The number of amides is 1. The smallest absolute Gasteiger partial charge is 0.255 e. The van der Waals surface area contributed by atoms with E-state index in [0.717, 1.165) is 19.0 Å². The second-order valence-electron chi connectivity index (χ2n) is 6.66. The molecule has 2 aromatic rings. The molecule has 1 aromatic heterocycles. The molecule has 4 nitrogen and oxygen atoms in total. The Morgan fingerprint density at radius 3 is 2.65 bits per heavy atom. The Labute approximate surface area is 166 Å². The van der Waals surface area contributed by atoms with Crippen molar-refractivity contribution in [2.24, 2.45) is 5.92 Å². The highest BCUT2D eigenvalue weighted by atomic mass is 35.5. The van der Waals surface area contributed by atoms with Crippen LogP contribution in [0.25, 0.3) is 0 Å². The van der Waals surface area contributed by atoms with Crippen molar-refractivity contribution < 1.29 is 9.53 Å². The van der Waals surface area contributed by atoms with Gasteiger partial charge in [-0.2, -0.15) is 0 Å². The van der Waals surface area contributed by atoms with Crippen LogP contribution in [-0.4, -0.2) is 37.6 Å². The van der Waals surface area contributed by atoms with Crippen molar-refractivity contribution in [3.8, 4) is 5.75 Å². The molecule has 0 radical (unpaired) electrons. The molecule has 0 spiro atoms.